The van der Waals surface area contributed by atoms with Crippen LogP contribution in [0.5, 0.6) is 0 Å². The molecule has 0 saturated carbocycles. The smallest absolute Gasteiger partial charge is 0.269 e. The van der Waals surface area contributed by atoms with Gasteiger partial charge in [-0.05, 0) is 24.0 Å². The van der Waals surface area contributed by atoms with Crippen LogP contribution in [0.25, 0.3) is 0 Å². The zero-order valence-corrected chi connectivity index (χ0v) is 11.4. The van der Waals surface area contributed by atoms with Gasteiger partial charge in [-0.2, -0.15) is 0 Å². The molecule has 0 fully saturated rings. The Labute approximate surface area is 116 Å². The summed E-state index contributed by atoms with van der Waals surface area (Å²) in [5.74, 6) is 0.719. The van der Waals surface area contributed by atoms with Gasteiger partial charge in [0.15, 0.2) is 0 Å². The van der Waals surface area contributed by atoms with Crippen LogP contribution in [0.15, 0.2) is 18.2 Å². The Morgan fingerprint density at radius 1 is 1.47 bits per heavy atom. The van der Waals surface area contributed by atoms with Crippen LogP contribution in [0.3, 0.4) is 0 Å². The number of rotatable bonds is 4. The van der Waals surface area contributed by atoms with Crippen LogP contribution < -0.4 is 4.90 Å². The van der Waals surface area contributed by atoms with E-state index in [9.17, 15) is 14.9 Å². The fraction of sp³-hybridized carbons (Fsp3) is 0.462. The molecule has 0 saturated heterocycles. The van der Waals surface area contributed by atoms with Gasteiger partial charge in [0.1, 0.15) is 0 Å². The second kappa shape index (κ2) is 5.57. The van der Waals surface area contributed by atoms with Crippen LogP contribution in [0, 0.1) is 16.0 Å². The van der Waals surface area contributed by atoms with Gasteiger partial charge in [0.25, 0.3) is 5.69 Å². The summed E-state index contributed by atoms with van der Waals surface area (Å²) in [6, 6.07) is 4.65. The van der Waals surface area contributed by atoms with E-state index in [1.807, 2.05) is 6.92 Å². The Morgan fingerprint density at radius 3 is 2.84 bits per heavy atom. The number of aryl methyl sites for hydroxylation is 1. The van der Waals surface area contributed by atoms with Gasteiger partial charge >= 0.3 is 0 Å². The summed E-state index contributed by atoms with van der Waals surface area (Å²) >= 11 is 5.79. The monoisotopic (exact) mass is 282 g/mol. The molecule has 1 unspecified atom stereocenters. The summed E-state index contributed by atoms with van der Waals surface area (Å²) in [6.45, 7) is 2.52. The lowest BCUT2D eigenvalue weighted by molar-refractivity contribution is -0.384. The maximum Gasteiger partial charge on any atom is 0.269 e. The lowest BCUT2D eigenvalue weighted by Crippen LogP contribution is -2.38. The van der Waals surface area contributed by atoms with E-state index in [-0.39, 0.29) is 17.5 Å². The van der Waals surface area contributed by atoms with Crippen LogP contribution in [0.2, 0.25) is 0 Å². The third kappa shape index (κ3) is 2.87. The molecule has 1 aromatic rings. The SMILES string of the molecule is CC(CCl)CN1C(=O)CCc2cc([N+](=O)[O-])ccc21. The molecule has 5 nitrogen and oxygen atoms in total. The summed E-state index contributed by atoms with van der Waals surface area (Å²) < 4.78 is 0. The van der Waals surface area contributed by atoms with E-state index >= 15 is 0 Å². The van der Waals surface area contributed by atoms with Gasteiger partial charge in [-0.25, -0.2) is 0 Å². The van der Waals surface area contributed by atoms with Crippen molar-refractivity contribution in [1.29, 1.82) is 0 Å². The van der Waals surface area contributed by atoms with Crippen molar-refractivity contribution in [2.75, 3.05) is 17.3 Å². The molecule has 6 heteroatoms. The third-order valence-corrected chi connectivity index (χ3v) is 3.76. The average molecular weight is 283 g/mol. The number of alkyl halides is 1. The molecule has 1 aliphatic rings. The number of carbonyl (C=O) groups excluding carboxylic acids is 1. The van der Waals surface area contributed by atoms with E-state index in [0.29, 0.717) is 25.3 Å². The second-order valence-corrected chi connectivity index (χ2v) is 5.14. The molecule has 1 atom stereocenters. The quantitative estimate of drug-likeness (QED) is 0.484. The standard InChI is InChI=1S/C13H15ClN2O3/c1-9(7-14)8-15-12-4-3-11(16(18)19)6-10(12)2-5-13(15)17/h3-4,6,9H,2,5,7-8H2,1H3. The average Bonchev–Trinajstić information content (AvgIpc) is 2.41. The Hall–Kier alpha value is -1.62. The number of fused-ring (bicyclic) bond motifs is 1. The second-order valence-electron chi connectivity index (χ2n) is 4.83. The molecule has 19 heavy (non-hydrogen) atoms. The van der Waals surface area contributed by atoms with E-state index in [4.69, 9.17) is 11.6 Å². The van der Waals surface area contributed by atoms with Gasteiger partial charge < -0.3 is 4.90 Å². The highest BCUT2D eigenvalue weighted by Gasteiger charge is 2.26. The minimum absolute atomic E-state index is 0.0540. The Bertz CT molecular complexity index is 519. The van der Waals surface area contributed by atoms with Crippen LogP contribution in [-0.2, 0) is 11.2 Å². The fourth-order valence-corrected chi connectivity index (χ4v) is 2.32. The van der Waals surface area contributed by atoms with Crippen molar-refractivity contribution >= 4 is 28.9 Å². The first-order valence-electron chi connectivity index (χ1n) is 6.16. The van der Waals surface area contributed by atoms with Gasteiger partial charge in [-0.3, -0.25) is 14.9 Å². The highest BCUT2D eigenvalue weighted by atomic mass is 35.5. The van der Waals surface area contributed by atoms with Crippen LogP contribution >= 0.6 is 11.6 Å². The third-order valence-electron chi connectivity index (χ3n) is 3.23. The predicted octanol–water partition coefficient (Wildman–Crippen LogP) is 2.75. The van der Waals surface area contributed by atoms with Crippen molar-refractivity contribution in [2.45, 2.75) is 19.8 Å². The number of nitrogens with zero attached hydrogens (tertiary/aromatic N) is 2. The molecule has 0 bridgehead atoms. The first-order valence-corrected chi connectivity index (χ1v) is 6.70. The number of nitro benzene ring substituents is 1. The molecule has 0 radical (unpaired) electrons. The van der Waals surface area contributed by atoms with E-state index in [1.165, 1.54) is 6.07 Å². The number of non-ortho nitro benzene ring substituents is 1. The van der Waals surface area contributed by atoms with Gasteiger partial charge in [0.2, 0.25) is 5.91 Å². The van der Waals surface area contributed by atoms with Crippen molar-refractivity contribution in [2.24, 2.45) is 5.92 Å². The summed E-state index contributed by atoms with van der Waals surface area (Å²) in [6.07, 6.45) is 0.949. The van der Waals surface area contributed by atoms with Crippen molar-refractivity contribution in [3.63, 3.8) is 0 Å². The number of benzene rings is 1. The zero-order chi connectivity index (χ0) is 14.0. The number of hydrogen-bond acceptors (Lipinski definition) is 3. The molecule has 102 valence electrons. The first kappa shape index (κ1) is 13.8. The molecule has 1 heterocycles. The predicted molar refractivity (Wildman–Crippen MR) is 73.7 cm³/mol. The van der Waals surface area contributed by atoms with Gasteiger partial charge in [-0.1, -0.05) is 6.92 Å². The van der Waals surface area contributed by atoms with Gasteiger partial charge in [-0.15, -0.1) is 11.6 Å². The van der Waals surface area contributed by atoms with E-state index < -0.39 is 4.92 Å². The van der Waals surface area contributed by atoms with E-state index in [2.05, 4.69) is 0 Å². The maximum atomic E-state index is 12.0. The topological polar surface area (TPSA) is 63.5 Å². The molecular weight excluding hydrogens is 268 g/mol. The number of amides is 1. The van der Waals surface area contributed by atoms with Crippen LogP contribution in [-0.4, -0.2) is 23.3 Å². The Kier molecular flexibility index (Phi) is 4.04. The van der Waals surface area contributed by atoms with Crippen molar-refractivity contribution in [1.82, 2.24) is 0 Å². The highest BCUT2D eigenvalue weighted by Crippen LogP contribution is 2.31. The maximum absolute atomic E-state index is 12.0. The molecule has 0 aliphatic carbocycles. The number of hydrogen-bond donors (Lipinski definition) is 0. The molecule has 0 spiro atoms. The number of nitro groups is 1. The molecule has 0 N–H and O–H groups in total. The zero-order valence-electron chi connectivity index (χ0n) is 10.6. The minimum atomic E-state index is -0.414. The van der Waals surface area contributed by atoms with Crippen molar-refractivity contribution in [3.8, 4) is 0 Å². The molecule has 0 aromatic heterocycles. The molecule has 1 aliphatic heterocycles. The normalized spacial score (nSPS) is 16.1. The number of carbonyl (C=O) groups is 1. The molecular formula is C13H15ClN2O3. The Balaban J connectivity index is 2.33. The van der Waals surface area contributed by atoms with E-state index in [1.54, 1.807) is 17.0 Å². The largest absolute Gasteiger partial charge is 0.312 e. The summed E-state index contributed by atoms with van der Waals surface area (Å²) in [7, 11) is 0. The summed E-state index contributed by atoms with van der Waals surface area (Å²) in [5.41, 5.74) is 1.70. The van der Waals surface area contributed by atoms with Crippen molar-refractivity contribution in [3.05, 3.63) is 33.9 Å². The molecule has 1 aromatic carbocycles. The van der Waals surface area contributed by atoms with E-state index in [0.717, 1.165) is 11.3 Å². The number of halogens is 1. The highest BCUT2D eigenvalue weighted by molar-refractivity contribution is 6.18. The minimum Gasteiger partial charge on any atom is -0.312 e. The fourth-order valence-electron chi connectivity index (χ4n) is 2.22. The number of anilines is 1. The lowest BCUT2D eigenvalue weighted by Gasteiger charge is -2.31. The van der Waals surface area contributed by atoms with Crippen LogP contribution in [0.4, 0.5) is 11.4 Å². The van der Waals surface area contributed by atoms with Gasteiger partial charge in [0, 0.05) is 36.7 Å². The first-order chi connectivity index (χ1) is 9.02. The van der Waals surface area contributed by atoms with Gasteiger partial charge in [0.05, 0.1) is 4.92 Å². The summed E-state index contributed by atoms with van der Waals surface area (Å²) in [5, 5.41) is 10.8. The Morgan fingerprint density at radius 2 is 2.21 bits per heavy atom. The van der Waals surface area contributed by atoms with Crippen LogP contribution in [0.1, 0.15) is 18.9 Å². The summed E-state index contributed by atoms with van der Waals surface area (Å²) in [4.78, 5) is 24.0. The lowest BCUT2D eigenvalue weighted by atomic mass is 9.99. The molecule has 1 amide bonds. The van der Waals surface area contributed by atoms with Crippen molar-refractivity contribution < 1.29 is 9.72 Å². The molecule has 2 rings (SSSR count).